The zero-order valence-corrected chi connectivity index (χ0v) is 10.2. The van der Waals surface area contributed by atoms with Crippen LogP contribution in [0.4, 0.5) is 11.4 Å². The number of aryl methyl sites for hydroxylation is 1. The number of nitrogens with zero attached hydrogens (tertiary/aromatic N) is 1. The topological polar surface area (TPSA) is 29.3 Å². The number of thioether (sulfide) groups is 1. The first kappa shape index (κ1) is 10.7. The van der Waals surface area contributed by atoms with Crippen molar-refractivity contribution in [1.29, 1.82) is 0 Å². The van der Waals surface area contributed by atoms with E-state index in [0.29, 0.717) is 6.04 Å². The lowest BCUT2D eigenvalue weighted by Gasteiger charge is -2.28. The molecule has 0 spiro atoms. The van der Waals surface area contributed by atoms with Crippen LogP contribution in [0.15, 0.2) is 18.2 Å². The van der Waals surface area contributed by atoms with Crippen molar-refractivity contribution in [2.75, 3.05) is 29.2 Å². The smallest absolute Gasteiger partial charge is 0.0629 e. The van der Waals surface area contributed by atoms with Crippen molar-refractivity contribution in [1.82, 2.24) is 0 Å². The van der Waals surface area contributed by atoms with E-state index in [1.807, 2.05) is 23.9 Å². The quantitative estimate of drug-likeness (QED) is 0.780. The zero-order chi connectivity index (χ0) is 10.8. The standard InChI is InChI=1S/C12H18N2S/c1-9-4-3-5-11(13)12(9)14(2)10-6-7-15-8-10/h3-5,10H,6-8,13H2,1-2H3. The van der Waals surface area contributed by atoms with E-state index in [9.17, 15) is 0 Å². The van der Waals surface area contributed by atoms with Crippen molar-refractivity contribution in [2.45, 2.75) is 19.4 Å². The van der Waals surface area contributed by atoms with Gasteiger partial charge in [-0.2, -0.15) is 11.8 Å². The van der Waals surface area contributed by atoms with E-state index in [-0.39, 0.29) is 0 Å². The first-order chi connectivity index (χ1) is 7.20. The number of nitrogens with two attached hydrogens (primary N) is 1. The van der Waals surface area contributed by atoms with Gasteiger partial charge < -0.3 is 10.6 Å². The van der Waals surface area contributed by atoms with Gasteiger partial charge in [0.05, 0.1) is 11.4 Å². The van der Waals surface area contributed by atoms with Crippen LogP contribution in [0.25, 0.3) is 0 Å². The molecule has 2 N–H and O–H groups in total. The zero-order valence-electron chi connectivity index (χ0n) is 9.36. The Morgan fingerprint density at radius 2 is 2.27 bits per heavy atom. The third kappa shape index (κ3) is 2.07. The van der Waals surface area contributed by atoms with Gasteiger partial charge in [-0.25, -0.2) is 0 Å². The Hall–Kier alpha value is -0.830. The maximum absolute atomic E-state index is 6.04. The molecule has 82 valence electrons. The third-order valence-electron chi connectivity index (χ3n) is 3.08. The molecule has 2 nitrogen and oxygen atoms in total. The van der Waals surface area contributed by atoms with Crippen LogP contribution < -0.4 is 10.6 Å². The average Bonchev–Trinajstić information content (AvgIpc) is 2.69. The van der Waals surface area contributed by atoms with Gasteiger partial charge in [-0.15, -0.1) is 0 Å². The number of hydrogen-bond acceptors (Lipinski definition) is 3. The van der Waals surface area contributed by atoms with Crippen molar-refractivity contribution in [3.8, 4) is 0 Å². The highest BCUT2D eigenvalue weighted by atomic mass is 32.2. The first-order valence-corrected chi connectivity index (χ1v) is 6.51. The Bertz CT molecular complexity index is 325. The summed E-state index contributed by atoms with van der Waals surface area (Å²) in [6, 6.07) is 6.79. The minimum Gasteiger partial charge on any atom is -0.397 e. The van der Waals surface area contributed by atoms with Gasteiger partial charge in [0.25, 0.3) is 0 Å². The van der Waals surface area contributed by atoms with Crippen LogP contribution >= 0.6 is 11.8 Å². The molecule has 0 amide bonds. The molecule has 1 heterocycles. The van der Waals surface area contributed by atoms with Crippen molar-refractivity contribution in [3.63, 3.8) is 0 Å². The van der Waals surface area contributed by atoms with Crippen molar-refractivity contribution >= 4 is 23.1 Å². The maximum atomic E-state index is 6.04. The van der Waals surface area contributed by atoms with Crippen molar-refractivity contribution in [3.05, 3.63) is 23.8 Å². The molecule has 0 radical (unpaired) electrons. The molecule has 0 aliphatic carbocycles. The molecule has 2 rings (SSSR count). The summed E-state index contributed by atoms with van der Waals surface area (Å²) in [4.78, 5) is 2.35. The molecule has 1 unspecified atom stereocenters. The molecule has 0 saturated carbocycles. The number of anilines is 2. The molecule has 1 aliphatic heterocycles. The summed E-state index contributed by atoms with van der Waals surface area (Å²) in [6.07, 6.45) is 1.27. The molecule has 1 aliphatic rings. The number of rotatable bonds is 2. The summed E-state index contributed by atoms with van der Waals surface area (Å²) < 4.78 is 0. The number of hydrogen-bond donors (Lipinski definition) is 1. The second-order valence-corrected chi connectivity index (χ2v) is 5.29. The number of para-hydroxylation sites is 1. The molecule has 1 atom stereocenters. The monoisotopic (exact) mass is 222 g/mol. The van der Waals surface area contributed by atoms with Crippen LogP contribution in [0, 0.1) is 6.92 Å². The van der Waals surface area contributed by atoms with Gasteiger partial charge in [0.1, 0.15) is 0 Å². The Morgan fingerprint density at radius 1 is 1.47 bits per heavy atom. The lowest BCUT2D eigenvalue weighted by Crippen LogP contribution is -2.32. The lowest BCUT2D eigenvalue weighted by atomic mass is 10.1. The van der Waals surface area contributed by atoms with Crippen LogP contribution in [0.1, 0.15) is 12.0 Å². The fraction of sp³-hybridized carbons (Fsp3) is 0.500. The lowest BCUT2D eigenvalue weighted by molar-refractivity contribution is 0.699. The Kier molecular flexibility index (Phi) is 3.10. The van der Waals surface area contributed by atoms with Gasteiger partial charge in [-0.3, -0.25) is 0 Å². The second kappa shape index (κ2) is 4.35. The van der Waals surface area contributed by atoms with Crippen LogP contribution in [0.3, 0.4) is 0 Å². The fourth-order valence-corrected chi connectivity index (χ4v) is 3.44. The van der Waals surface area contributed by atoms with E-state index in [0.717, 1.165) is 5.69 Å². The van der Waals surface area contributed by atoms with Gasteiger partial charge in [0.2, 0.25) is 0 Å². The number of nitrogen functional groups attached to an aromatic ring is 1. The van der Waals surface area contributed by atoms with Crippen molar-refractivity contribution < 1.29 is 0 Å². The van der Waals surface area contributed by atoms with Gasteiger partial charge >= 0.3 is 0 Å². The van der Waals surface area contributed by atoms with Crippen LogP contribution in [0.5, 0.6) is 0 Å². The largest absolute Gasteiger partial charge is 0.397 e. The Morgan fingerprint density at radius 3 is 2.87 bits per heavy atom. The molecule has 0 aromatic heterocycles. The second-order valence-electron chi connectivity index (χ2n) is 4.14. The minimum absolute atomic E-state index is 0.651. The van der Waals surface area contributed by atoms with Crippen LogP contribution in [-0.2, 0) is 0 Å². The van der Waals surface area contributed by atoms with Crippen LogP contribution in [-0.4, -0.2) is 24.6 Å². The molecular weight excluding hydrogens is 204 g/mol. The van der Waals surface area contributed by atoms with E-state index >= 15 is 0 Å². The van der Waals surface area contributed by atoms with Gasteiger partial charge in [-0.05, 0) is 30.7 Å². The molecule has 1 fully saturated rings. The van der Waals surface area contributed by atoms with Gasteiger partial charge in [-0.1, -0.05) is 12.1 Å². The summed E-state index contributed by atoms with van der Waals surface area (Å²) in [6.45, 7) is 2.13. The van der Waals surface area contributed by atoms with E-state index < -0.39 is 0 Å². The molecule has 15 heavy (non-hydrogen) atoms. The predicted molar refractivity (Wildman–Crippen MR) is 69.7 cm³/mol. The van der Waals surface area contributed by atoms with Crippen molar-refractivity contribution in [2.24, 2.45) is 0 Å². The van der Waals surface area contributed by atoms with Gasteiger partial charge in [0.15, 0.2) is 0 Å². The molecule has 3 heteroatoms. The van der Waals surface area contributed by atoms with Gasteiger partial charge in [0, 0.05) is 18.8 Å². The van der Waals surface area contributed by atoms with E-state index in [2.05, 4.69) is 24.9 Å². The average molecular weight is 222 g/mol. The summed E-state index contributed by atoms with van der Waals surface area (Å²) in [5, 5.41) is 0. The van der Waals surface area contributed by atoms with E-state index in [1.54, 1.807) is 0 Å². The summed E-state index contributed by atoms with van der Waals surface area (Å²) in [7, 11) is 2.16. The highest BCUT2D eigenvalue weighted by molar-refractivity contribution is 7.99. The Balaban J connectivity index is 2.27. The molecule has 1 saturated heterocycles. The molecule has 1 aromatic rings. The highest BCUT2D eigenvalue weighted by Crippen LogP contribution is 2.31. The minimum atomic E-state index is 0.651. The normalized spacial score (nSPS) is 20.5. The SMILES string of the molecule is Cc1cccc(N)c1N(C)C1CCSC1. The van der Waals surface area contributed by atoms with E-state index in [4.69, 9.17) is 5.73 Å². The first-order valence-electron chi connectivity index (χ1n) is 5.36. The molecular formula is C12H18N2S. The highest BCUT2D eigenvalue weighted by Gasteiger charge is 2.22. The van der Waals surface area contributed by atoms with Crippen LogP contribution in [0.2, 0.25) is 0 Å². The maximum Gasteiger partial charge on any atom is 0.0629 e. The fourth-order valence-electron chi connectivity index (χ4n) is 2.17. The Labute approximate surface area is 95.8 Å². The molecule has 1 aromatic carbocycles. The summed E-state index contributed by atoms with van der Waals surface area (Å²) >= 11 is 2.03. The van der Waals surface area contributed by atoms with E-state index in [1.165, 1.54) is 29.2 Å². The molecule has 0 bridgehead atoms. The number of benzene rings is 1. The predicted octanol–water partition coefficient (Wildman–Crippen LogP) is 2.52. The third-order valence-corrected chi connectivity index (χ3v) is 4.22. The summed E-state index contributed by atoms with van der Waals surface area (Å²) in [5.41, 5.74) is 9.42. The summed E-state index contributed by atoms with van der Waals surface area (Å²) in [5.74, 6) is 2.51.